The van der Waals surface area contributed by atoms with E-state index < -0.39 is 10.8 Å². The summed E-state index contributed by atoms with van der Waals surface area (Å²) in [5.74, 6) is 1.75. The number of hydrogen-bond acceptors (Lipinski definition) is 9. The maximum Gasteiger partial charge on any atom is 0.494 e. The van der Waals surface area contributed by atoms with E-state index in [4.69, 9.17) is 28.4 Å². The monoisotopic (exact) mass is 980 g/mol. The minimum Gasteiger partial charge on any atom is -0.486 e. The van der Waals surface area contributed by atoms with Gasteiger partial charge in [0, 0.05) is 39.6 Å². The first-order chi connectivity index (χ1) is 33.7. The Morgan fingerprint density at radius 3 is 1.28 bits per heavy atom. The predicted molar refractivity (Wildman–Crippen MR) is 291 cm³/mol. The van der Waals surface area contributed by atoms with Gasteiger partial charge in [0.25, 0.3) is 0 Å². The number of Topliss-reactive ketones (excluding diaryl/α,β-unsaturated/α-hetero) is 2. The summed E-state index contributed by atoms with van der Waals surface area (Å²) in [7, 11) is -0.360. The molecule has 4 aromatic carbocycles. The smallest absolute Gasteiger partial charge is 0.486 e. The first kappa shape index (κ1) is 58.9. The highest BCUT2D eigenvalue weighted by Crippen LogP contribution is 2.43. The van der Waals surface area contributed by atoms with Crippen molar-refractivity contribution < 1.29 is 38.0 Å². The molecule has 0 atom stereocenters. The molecule has 0 amide bonds. The number of pyridine rings is 1. The van der Waals surface area contributed by atoms with E-state index in [9.17, 15) is 9.59 Å². The summed E-state index contributed by atoms with van der Waals surface area (Å²) >= 11 is 0. The molecule has 10 heteroatoms. The lowest BCUT2D eigenvalue weighted by molar-refractivity contribution is -0.191. The maximum absolute atomic E-state index is 12.3. The number of hydrogen-bond donors (Lipinski definition) is 0. The third-order valence-corrected chi connectivity index (χ3v) is 15.2. The van der Waals surface area contributed by atoms with E-state index in [0.717, 1.165) is 65.8 Å². The van der Waals surface area contributed by atoms with E-state index in [1.165, 1.54) is 33.4 Å². The highest BCUT2D eigenvalue weighted by atomic mass is 16.7. The van der Waals surface area contributed by atoms with Crippen molar-refractivity contribution in [2.45, 2.75) is 172 Å². The first-order valence-corrected chi connectivity index (χ1v) is 25.8. The van der Waals surface area contributed by atoms with Crippen molar-refractivity contribution in [3.63, 3.8) is 0 Å². The Labute approximate surface area is 432 Å². The number of ketones is 2. The van der Waals surface area contributed by atoms with Crippen LogP contribution in [0.25, 0.3) is 11.1 Å². The van der Waals surface area contributed by atoms with Crippen LogP contribution in [0, 0.1) is 24.7 Å². The molecule has 72 heavy (non-hydrogen) atoms. The lowest BCUT2D eigenvalue weighted by atomic mass is 9.69. The van der Waals surface area contributed by atoms with Crippen LogP contribution >= 0.6 is 0 Å². The molecule has 0 saturated carbocycles. The van der Waals surface area contributed by atoms with E-state index in [2.05, 4.69) is 160 Å². The quantitative estimate of drug-likeness (QED) is 0.0839. The molecular formula is C62H82BNO8. The molecule has 0 spiro atoms. The maximum atomic E-state index is 12.3. The van der Waals surface area contributed by atoms with Crippen LogP contribution in [0.15, 0.2) is 103 Å². The van der Waals surface area contributed by atoms with E-state index in [1.54, 1.807) is 0 Å². The predicted octanol–water partition coefficient (Wildman–Crippen LogP) is 13.5. The summed E-state index contributed by atoms with van der Waals surface area (Å²) in [6, 6.07) is 32.7. The van der Waals surface area contributed by atoms with Gasteiger partial charge < -0.3 is 18.8 Å². The minimum atomic E-state index is -0.403. The average molecular weight is 980 g/mol. The van der Waals surface area contributed by atoms with Crippen molar-refractivity contribution in [2.75, 3.05) is 13.2 Å². The minimum absolute atomic E-state index is 0.0768. The zero-order valence-corrected chi connectivity index (χ0v) is 46.6. The first-order valence-electron chi connectivity index (χ1n) is 25.8. The van der Waals surface area contributed by atoms with Crippen molar-refractivity contribution in [3.8, 4) is 22.6 Å². The molecule has 0 radical (unpaired) electrons. The van der Waals surface area contributed by atoms with E-state index in [1.807, 2.05) is 66.1 Å². The van der Waals surface area contributed by atoms with Crippen molar-refractivity contribution in [1.29, 1.82) is 0 Å². The molecule has 6 rings (SSSR count). The zero-order chi connectivity index (χ0) is 53.9. The van der Waals surface area contributed by atoms with Gasteiger partial charge >= 0.3 is 13.3 Å². The largest absolute Gasteiger partial charge is 0.494 e. The highest BCUT2D eigenvalue weighted by molar-refractivity contribution is 6.62. The summed E-state index contributed by atoms with van der Waals surface area (Å²) < 4.78 is 24.3. The summed E-state index contributed by atoms with van der Waals surface area (Å²) in [6.45, 7) is 35.3. The number of benzene rings is 4. The average Bonchev–Trinajstić information content (AvgIpc) is 3.57. The fourth-order valence-electron chi connectivity index (χ4n) is 9.16. The molecule has 0 bridgehead atoms. The molecular weight excluding hydrogens is 897 g/mol. The van der Waals surface area contributed by atoms with Gasteiger partial charge in [-0.15, -0.1) is 0 Å². The van der Waals surface area contributed by atoms with Gasteiger partial charge in [-0.3, -0.25) is 14.6 Å². The van der Waals surface area contributed by atoms with Gasteiger partial charge in [0.2, 0.25) is 0 Å². The third kappa shape index (κ3) is 13.7. The Bertz CT molecular complexity index is 2610. The standard InChI is InChI=1S/C31H39NO2.C30H43BO4.CO2/c1-8-23-18-25(20-32-19-23)24-11-13-26(14-12-24)31(9-2,10-3)27-15-16-28(22(4)17-27)34-21-29(33)30(5,6)7;1-11-30(12-2,23-15-18-25(21(3)19-23)33-20-26(32)27(4,5)6)22-13-16-24(17-14-22)31-34-28(7,8)29(9,10)35-31;2-1-3/h11-20H,8-10,21H2,1-7H3;13-19H,11-12,20H2,1-10H3;. The Kier molecular flexibility index (Phi) is 19.9. The second-order valence-electron chi connectivity index (χ2n) is 22.3. The number of carbonyl (C=O) groups excluding carboxylic acids is 4. The molecule has 9 nitrogen and oxygen atoms in total. The van der Waals surface area contributed by atoms with Crippen LogP contribution in [0.3, 0.4) is 0 Å². The lowest BCUT2D eigenvalue weighted by Gasteiger charge is -2.34. The number of aromatic nitrogens is 1. The molecule has 1 aliphatic heterocycles. The van der Waals surface area contributed by atoms with E-state index in [0.29, 0.717) is 0 Å². The van der Waals surface area contributed by atoms with Crippen LogP contribution in [-0.2, 0) is 45.7 Å². The Morgan fingerprint density at radius 1 is 0.556 bits per heavy atom. The summed E-state index contributed by atoms with van der Waals surface area (Å²) in [5.41, 5.74) is 10.2. The molecule has 0 unspecified atom stereocenters. The molecule has 386 valence electrons. The molecule has 0 N–H and O–H groups in total. The molecule has 2 heterocycles. The SMILES string of the molecule is CCC(CC)(c1ccc(B2OC(C)(C)C(C)(C)O2)cc1)c1ccc(OCC(=O)C(C)(C)C)c(C)c1.CCc1cncc(-c2ccc(C(CC)(CC)c3ccc(OCC(=O)C(C)(C)C)c(C)c3)cc2)c1.O=C=O. The van der Waals surface area contributed by atoms with E-state index in [-0.39, 0.29) is 60.1 Å². The number of ether oxygens (including phenoxy) is 2. The van der Waals surface area contributed by atoms with Crippen LogP contribution in [0.5, 0.6) is 11.5 Å². The topological polar surface area (TPSA) is 118 Å². The normalized spacial score (nSPS) is 14.3. The third-order valence-electron chi connectivity index (χ3n) is 15.2. The van der Waals surface area contributed by atoms with Crippen LogP contribution in [0.2, 0.25) is 0 Å². The summed E-state index contributed by atoms with van der Waals surface area (Å²) in [6.07, 6.45) is 9.05. The molecule has 5 aromatic rings. The van der Waals surface area contributed by atoms with Gasteiger partial charge in [-0.25, -0.2) is 0 Å². The molecule has 1 aliphatic rings. The molecule has 0 aliphatic carbocycles. The van der Waals surface area contributed by atoms with Gasteiger partial charge in [-0.1, -0.05) is 149 Å². The Morgan fingerprint density at radius 2 is 0.931 bits per heavy atom. The fraction of sp³-hybridized carbons (Fsp3) is 0.484. The molecule has 1 aromatic heterocycles. The summed E-state index contributed by atoms with van der Waals surface area (Å²) in [4.78, 5) is 45.3. The number of nitrogens with zero attached hydrogens (tertiary/aromatic N) is 1. The summed E-state index contributed by atoms with van der Waals surface area (Å²) in [5, 5.41) is 0. The number of rotatable bonds is 17. The van der Waals surface area contributed by atoms with Gasteiger partial charge in [0.1, 0.15) is 24.7 Å². The van der Waals surface area contributed by atoms with Gasteiger partial charge in [0.15, 0.2) is 11.6 Å². The number of carbonyl (C=O) groups is 2. The van der Waals surface area contributed by atoms with Crippen LogP contribution < -0.4 is 14.9 Å². The van der Waals surface area contributed by atoms with E-state index >= 15 is 0 Å². The number of aryl methyl sites for hydroxylation is 3. The Balaban J connectivity index is 0.000000296. The van der Waals surface area contributed by atoms with Crippen molar-refractivity contribution in [1.82, 2.24) is 4.98 Å². The van der Waals surface area contributed by atoms with Gasteiger partial charge in [0.05, 0.1) is 11.2 Å². The zero-order valence-electron chi connectivity index (χ0n) is 46.6. The van der Waals surface area contributed by atoms with Crippen molar-refractivity contribution in [3.05, 3.63) is 142 Å². The van der Waals surface area contributed by atoms with Gasteiger partial charge in [-0.05, 0) is 142 Å². The van der Waals surface area contributed by atoms with Crippen molar-refractivity contribution in [2.24, 2.45) is 10.8 Å². The van der Waals surface area contributed by atoms with Crippen molar-refractivity contribution >= 4 is 30.3 Å². The highest BCUT2D eigenvalue weighted by Gasteiger charge is 2.51. The van der Waals surface area contributed by atoms with Crippen LogP contribution in [0.4, 0.5) is 0 Å². The lowest BCUT2D eigenvalue weighted by Crippen LogP contribution is -2.41. The van der Waals surface area contributed by atoms with Gasteiger partial charge in [-0.2, -0.15) is 9.59 Å². The fourth-order valence-corrected chi connectivity index (χ4v) is 9.16. The molecule has 1 saturated heterocycles. The second-order valence-corrected chi connectivity index (χ2v) is 22.3. The van der Waals surface area contributed by atoms with Crippen LogP contribution in [-0.4, -0.2) is 54.2 Å². The second kappa shape index (κ2) is 24.4. The van der Waals surface area contributed by atoms with Crippen LogP contribution in [0.1, 0.15) is 168 Å². The Hall–Kier alpha value is -5.67. The molecule has 1 fully saturated rings.